The largest absolute Gasteiger partial charge is 0.465 e. The Kier molecular flexibility index (Phi) is 5.65. The zero-order valence-corrected chi connectivity index (χ0v) is 19.8. The molecule has 0 saturated heterocycles. The van der Waals surface area contributed by atoms with Crippen molar-refractivity contribution in [1.29, 1.82) is 0 Å². The summed E-state index contributed by atoms with van der Waals surface area (Å²) in [5, 5.41) is 3.61. The van der Waals surface area contributed by atoms with Gasteiger partial charge in [-0.15, -0.1) is 0 Å². The Bertz CT molecular complexity index is 1380. The molecule has 174 valence electrons. The number of anilines is 2. The topological polar surface area (TPSA) is 84.5 Å². The summed E-state index contributed by atoms with van der Waals surface area (Å²) in [5.74, 6) is -0.00384. The number of sulfonamides is 1. The first kappa shape index (κ1) is 22.2. The number of esters is 1. The second kappa shape index (κ2) is 8.65. The van der Waals surface area contributed by atoms with E-state index in [0.29, 0.717) is 11.3 Å². The third-order valence-electron chi connectivity index (χ3n) is 6.72. The van der Waals surface area contributed by atoms with Crippen LogP contribution in [0, 0.1) is 12.8 Å². The summed E-state index contributed by atoms with van der Waals surface area (Å²) in [4.78, 5) is 12.0. The maximum absolute atomic E-state index is 13.1. The summed E-state index contributed by atoms with van der Waals surface area (Å²) < 4.78 is 33.8. The van der Waals surface area contributed by atoms with Crippen LogP contribution < -0.4 is 10.0 Å². The molecule has 3 atom stereocenters. The molecule has 1 heterocycles. The van der Waals surface area contributed by atoms with E-state index < -0.39 is 10.0 Å². The highest BCUT2D eigenvalue weighted by Crippen LogP contribution is 2.50. The fourth-order valence-electron chi connectivity index (χ4n) is 4.91. The van der Waals surface area contributed by atoms with Crippen LogP contribution in [-0.4, -0.2) is 21.5 Å². The maximum atomic E-state index is 13.1. The van der Waals surface area contributed by atoms with Gasteiger partial charge in [0.25, 0.3) is 10.0 Å². The number of ether oxygens (including phenoxy) is 1. The Morgan fingerprint density at radius 1 is 1.06 bits per heavy atom. The van der Waals surface area contributed by atoms with Crippen LogP contribution in [0.5, 0.6) is 0 Å². The predicted molar refractivity (Wildman–Crippen MR) is 133 cm³/mol. The van der Waals surface area contributed by atoms with E-state index >= 15 is 0 Å². The van der Waals surface area contributed by atoms with Gasteiger partial charge in [-0.25, -0.2) is 13.2 Å². The molecule has 0 spiro atoms. The normalized spacial score (nSPS) is 20.7. The van der Waals surface area contributed by atoms with Crippen molar-refractivity contribution in [3.8, 4) is 0 Å². The van der Waals surface area contributed by atoms with Gasteiger partial charge in [0.15, 0.2) is 0 Å². The molecule has 0 unspecified atom stereocenters. The van der Waals surface area contributed by atoms with E-state index in [1.54, 1.807) is 30.3 Å². The molecular formula is C27H26N2O4S. The van der Waals surface area contributed by atoms with Crippen LogP contribution in [0.25, 0.3) is 0 Å². The van der Waals surface area contributed by atoms with Gasteiger partial charge in [-0.2, -0.15) is 0 Å². The summed E-state index contributed by atoms with van der Waals surface area (Å²) in [5.41, 5.74) is 4.94. The quantitative estimate of drug-likeness (QED) is 0.382. The van der Waals surface area contributed by atoms with E-state index in [9.17, 15) is 13.2 Å². The lowest BCUT2D eigenvalue weighted by Gasteiger charge is -2.37. The van der Waals surface area contributed by atoms with Crippen molar-refractivity contribution in [2.45, 2.75) is 30.2 Å². The van der Waals surface area contributed by atoms with Gasteiger partial charge in [0.05, 0.1) is 29.3 Å². The highest BCUT2D eigenvalue weighted by atomic mass is 32.2. The van der Waals surface area contributed by atoms with Crippen LogP contribution >= 0.6 is 0 Å². The number of allylic oxidation sites excluding steroid dienone is 2. The molecule has 1 aliphatic heterocycles. The minimum atomic E-state index is -3.72. The van der Waals surface area contributed by atoms with Crippen molar-refractivity contribution in [3.05, 3.63) is 101 Å². The second-order valence-corrected chi connectivity index (χ2v) is 10.4. The molecule has 3 aromatic rings. The third-order valence-corrected chi connectivity index (χ3v) is 8.09. The summed E-state index contributed by atoms with van der Waals surface area (Å²) in [7, 11) is -2.35. The molecule has 2 N–H and O–H groups in total. The molecule has 1 aliphatic carbocycles. The molecule has 0 radical (unpaired) electrons. The minimum Gasteiger partial charge on any atom is -0.465 e. The highest BCUT2D eigenvalue weighted by Gasteiger charge is 2.38. The molecule has 3 aromatic carbocycles. The standard InChI is InChI=1S/C27H26N2O4S/c1-17-6-3-4-9-24(17)29-34(31,32)20-14-15-25-23(16-20)21-7-5-8-22(21)26(28-25)18-10-12-19(13-11-18)27(30)33-2/h3-7,9-16,21-22,26,28-29H,8H2,1-2H3/t21-,22-,26-/m1/s1. The zero-order valence-electron chi connectivity index (χ0n) is 19.0. The Morgan fingerprint density at radius 2 is 1.82 bits per heavy atom. The number of rotatable bonds is 5. The van der Waals surface area contributed by atoms with Crippen molar-refractivity contribution < 1.29 is 17.9 Å². The van der Waals surface area contributed by atoms with Crippen molar-refractivity contribution >= 4 is 27.4 Å². The lowest BCUT2D eigenvalue weighted by molar-refractivity contribution is 0.0600. The third kappa shape index (κ3) is 3.96. The van der Waals surface area contributed by atoms with Crippen LogP contribution in [0.15, 0.2) is 83.8 Å². The number of nitrogens with one attached hydrogen (secondary N) is 2. The smallest absolute Gasteiger partial charge is 0.337 e. The predicted octanol–water partition coefficient (Wildman–Crippen LogP) is 5.41. The van der Waals surface area contributed by atoms with Gasteiger partial charge < -0.3 is 10.1 Å². The summed E-state index contributed by atoms with van der Waals surface area (Å²) in [6, 6.07) is 20.1. The molecule has 0 saturated carbocycles. The molecule has 2 aliphatic rings. The molecule has 6 nitrogen and oxygen atoms in total. The van der Waals surface area contributed by atoms with E-state index in [2.05, 4.69) is 22.2 Å². The minimum absolute atomic E-state index is 0.0479. The monoisotopic (exact) mass is 474 g/mol. The van der Waals surface area contributed by atoms with Gasteiger partial charge in [-0.3, -0.25) is 4.72 Å². The molecule has 0 fully saturated rings. The van der Waals surface area contributed by atoms with Crippen molar-refractivity contribution in [3.63, 3.8) is 0 Å². The van der Waals surface area contributed by atoms with Crippen molar-refractivity contribution in [2.24, 2.45) is 5.92 Å². The molecule has 0 bridgehead atoms. The van der Waals surface area contributed by atoms with E-state index in [1.807, 2.05) is 43.3 Å². The van der Waals surface area contributed by atoms with E-state index in [-0.39, 0.29) is 28.7 Å². The number of carbonyl (C=O) groups is 1. The average molecular weight is 475 g/mol. The number of methoxy groups -OCH3 is 1. The second-order valence-electron chi connectivity index (χ2n) is 8.76. The molecule has 0 amide bonds. The SMILES string of the molecule is COC(=O)c1ccc([C@H]2Nc3ccc(S(=O)(=O)Nc4ccccc4C)cc3[C@@H]3C=CC[C@@H]23)cc1. The first-order valence-electron chi connectivity index (χ1n) is 11.2. The molecule has 5 rings (SSSR count). The van der Waals surface area contributed by atoms with Gasteiger partial charge in [-0.1, -0.05) is 42.5 Å². The van der Waals surface area contributed by atoms with E-state index in [0.717, 1.165) is 28.8 Å². The van der Waals surface area contributed by atoms with Gasteiger partial charge in [0.2, 0.25) is 0 Å². The number of hydrogen-bond acceptors (Lipinski definition) is 5. The summed E-state index contributed by atoms with van der Waals surface area (Å²) >= 11 is 0. The number of hydrogen-bond donors (Lipinski definition) is 2. The highest BCUT2D eigenvalue weighted by molar-refractivity contribution is 7.92. The first-order chi connectivity index (χ1) is 16.4. The maximum Gasteiger partial charge on any atom is 0.337 e. The van der Waals surface area contributed by atoms with Gasteiger partial charge >= 0.3 is 5.97 Å². The summed E-state index contributed by atoms with van der Waals surface area (Å²) in [6.07, 6.45) is 5.22. The van der Waals surface area contributed by atoms with Crippen LogP contribution in [0.3, 0.4) is 0 Å². The van der Waals surface area contributed by atoms with Gasteiger partial charge in [0.1, 0.15) is 0 Å². The van der Waals surface area contributed by atoms with E-state index in [1.165, 1.54) is 7.11 Å². The number of aryl methyl sites for hydroxylation is 1. The number of carbonyl (C=O) groups excluding carboxylic acids is 1. The van der Waals surface area contributed by atoms with Crippen LogP contribution in [-0.2, 0) is 14.8 Å². The zero-order chi connectivity index (χ0) is 23.9. The van der Waals surface area contributed by atoms with Crippen molar-refractivity contribution in [1.82, 2.24) is 0 Å². The fourth-order valence-corrected chi connectivity index (χ4v) is 6.07. The Hall–Kier alpha value is -3.58. The molecule has 7 heteroatoms. The first-order valence-corrected chi connectivity index (χ1v) is 12.7. The number of fused-ring (bicyclic) bond motifs is 3. The van der Waals surface area contributed by atoms with Crippen LogP contribution in [0.4, 0.5) is 11.4 Å². The Labute approximate surface area is 199 Å². The summed E-state index contributed by atoms with van der Waals surface area (Å²) in [6.45, 7) is 1.88. The lowest BCUT2D eigenvalue weighted by atomic mass is 9.77. The lowest BCUT2D eigenvalue weighted by Crippen LogP contribution is -2.29. The van der Waals surface area contributed by atoms with Crippen molar-refractivity contribution in [2.75, 3.05) is 17.1 Å². The van der Waals surface area contributed by atoms with Crippen LogP contribution in [0.2, 0.25) is 0 Å². The average Bonchev–Trinajstić information content (AvgIpc) is 3.34. The number of benzene rings is 3. The van der Waals surface area contributed by atoms with E-state index in [4.69, 9.17) is 4.74 Å². The Morgan fingerprint density at radius 3 is 2.56 bits per heavy atom. The van der Waals surface area contributed by atoms with Gasteiger partial charge in [-0.05, 0) is 72.4 Å². The molecule has 0 aromatic heterocycles. The number of para-hydroxylation sites is 1. The van der Waals surface area contributed by atoms with Crippen LogP contribution in [0.1, 0.15) is 45.4 Å². The molecule has 34 heavy (non-hydrogen) atoms. The fraction of sp³-hybridized carbons (Fsp3) is 0.222. The van der Waals surface area contributed by atoms with Gasteiger partial charge in [0, 0.05) is 11.6 Å². The molecular weight excluding hydrogens is 448 g/mol. The Balaban J connectivity index is 1.46.